The van der Waals surface area contributed by atoms with Gasteiger partial charge < -0.3 is 0 Å². The molecule has 2 rings (SSSR count). The van der Waals surface area contributed by atoms with Crippen LogP contribution in [0.1, 0.15) is 93.4 Å². The molecule has 0 heterocycles. The first-order valence-electron chi connectivity index (χ1n) is 14.7. The van der Waals surface area contributed by atoms with Crippen LogP contribution in [0.4, 0.5) is 0 Å². The van der Waals surface area contributed by atoms with Crippen molar-refractivity contribution in [1.29, 1.82) is 0 Å². The Hall–Kier alpha value is -0.844. The zero-order valence-corrected chi connectivity index (χ0v) is 28.4. The predicted molar refractivity (Wildman–Crippen MR) is 167 cm³/mol. The third-order valence-corrected chi connectivity index (χ3v) is 29.8. The Morgan fingerprint density at radius 2 is 1.17 bits per heavy atom. The summed E-state index contributed by atoms with van der Waals surface area (Å²) in [5.41, 5.74) is 0. The van der Waals surface area contributed by atoms with Crippen LogP contribution in [0.25, 0.3) is 0 Å². The average Bonchev–Trinajstić information content (AvgIpc) is 2.88. The van der Waals surface area contributed by atoms with Crippen LogP contribution in [0.5, 0.6) is 0 Å². The van der Waals surface area contributed by atoms with Gasteiger partial charge in [-0.25, -0.2) is 0 Å². The van der Waals surface area contributed by atoms with Crippen LogP contribution < -0.4 is 10.4 Å². The van der Waals surface area contributed by atoms with E-state index in [0.29, 0.717) is 0 Å². The van der Waals surface area contributed by atoms with Crippen molar-refractivity contribution in [2.24, 2.45) is 0 Å². The Balaban J connectivity index is 2.35. The van der Waals surface area contributed by atoms with E-state index in [1.165, 1.54) is 48.9 Å². The van der Waals surface area contributed by atoms with E-state index in [4.69, 9.17) is 4.43 Å². The predicted octanol–water partition coefficient (Wildman–Crippen LogP) is 9.29. The van der Waals surface area contributed by atoms with Crippen LogP contribution in [0.3, 0.4) is 0 Å². The Morgan fingerprint density at radius 3 is 1.53 bits per heavy atom. The topological polar surface area (TPSA) is 9.23 Å². The van der Waals surface area contributed by atoms with Crippen LogP contribution in [0.2, 0.25) is 18.3 Å². The third kappa shape index (κ3) is 8.08. The van der Waals surface area contributed by atoms with Crippen molar-refractivity contribution in [3.63, 3.8) is 0 Å². The number of benzene rings is 2. The number of allylic oxidation sites excluding steroid dienone is 1. The molecule has 2 aromatic carbocycles. The van der Waals surface area contributed by atoms with E-state index in [1.54, 1.807) is 13.3 Å². The van der Waals surface area contributed by atoms with E-state index >= 15 is 0 Å². The summed E-state index contributed by atoms with van der Waals surface area (Å²) in [5, 5.41) is 2.81. The van der Waals surface area contributed by atoms with Crippen LogP contribution in [-0.4, -0.2) is 33.3 Å². The number of hydrogen-bond donors (Lipinski definition) is 0. The van der Waals surface area contributed by atoms with Crippen molar-refractivity contribution in [2.45, 2.75) is 112 Å². The van der Waals surface area contributed by atoms with Gasteiger partial charge in [0.05, 0.1) is 0 Å². The van der Waals surface area contributed by atoms with Crippen molar-refractivity contribution in [2.75, 3.05) is 6.61 Å². The molecule has 2 aromatic rings. The molecule has 0 radical (unpaired) electrons. The zero-order valence-electron chi connectivity index (χ0n) is 24.5. The molecule has 0 aliphatic heterocycles. The van der Waals surface area contributed by atoms with Crippen molar-refractivity contribution < 1.29 is 4.43 Å². The normalized spacial score (nSPS) is 13.2. The number of hydrogen-bond acceptors (Lipinski definition) is 1. The van der Waals surface area contributed by atoms with E-state index < -0.39 is 26.7 Å². The van der Waals surface area contributed by atoms with Gasteiger partial charge in [0.1, 0.15) is 0 Å². The molecule has 200 valence electrons. The Labute approximate surface area is 229 Å². The van der Waals surface area contributed by atoms with Crippen LogP contribution in [0.15, 0.2) is 70.3 Å². The summed E-state index contributed by atoms with van der Waals surface area (Å²) in [6, 6.07) is 22.2. The van der Waals surface area contributed by atoms with Gasteiger partial charge in [0.25, 0.3) is 0 Å². The van der Waals surface area contributed by atoms with E-state index in [2.05, 4.69) is 115 Å². The van der Waals surface area contributed by atoms with Gasteiger partial charge in [0, 0.05) is 0 Å². The van der Waals surface area contributed by atoms with Gasteiger partial charge in [0.15, 0.2) is 0 Å². The number of unbranched alkanes of at least 4 members (excludes halogenated alkanes) is 3. The second kappa shape index (κ2) is 15.5. The summed E-state index contributed by atoms with van der Waals surface area (Å²) in [4.78, 5) is 0. The standard InChI is InChI=1S/C21H27OSi.3C4H9.Sn/c1-5-6-13-18-22-23(21(2,3)4,19-14-9-7-10-15-19)20-16-11-8-12-17-20;3*1-3-4-2;/h6-12,14-17H,13,18H2,1-4H3;3*1,3-4H2,2H3;. The molecule has 0 amide bonds. The molecule has 0 atom stereocenters. The van der Waals surface area contributed by atoms with Crippen molar-refractivity contribution >= 4 is 37.1 Å². The van der Waals surface area contributed by atoms with Crippen LogP contribution >= 0.6 is 0 Å². The molecular formula is C33H54OSiSn. The van der Waals surface area contributed by atoms with Crippen molar-refractivity contribution in [3.05, 3.63) is 70.3 Å². The first kappa shape index (κ1) is 31.4. The molecule has 0 spiro atoms. The van der Waals surface area contributed by atoms with Crippen molar-refractivity contribution in [1.82, 2.24) is 0 Å². The minimum absolute atomic E-state index is 0.0425. The SMILES string of the molecule is CCC[CH2][Sn]([CH2]CCC)([CH2]CCC)/[C](C)=C/CCO[Si](c1ccccc1)(c1ccccc1)C(C)(C)C. The molecule has 3 heteroatoms. The Morgan fingerprint density at radius 1 is 0.750 bits per heavy atom. The number of rotatable bonds is 16. The van der Waals surface area contributed by atoms with Gasteiger partial charge in [-0.05, 0) is 0 Å². The molecule has 0 aromatic heterocycles. The van der Waals surface area contributed by atoms with E-state index in [9.17, 15) is 0 Å². The summed E-state index contributed by atoms with van der Waals surface area (Å²) in [7, 11) is -2.44. The molecular weight excluding hydrogens is 559 g/mol. The molecule has 0 unspecified atom stereocenters. The van der Waals surface area contributed by atoms with Gasteiger partial charge in [-0.3, -0.25) is 0 Å². The second-order valence-corrected chi connectivity index (χ2v) is 29.9. The van der Waals surface area contributed by atoms with Gasteiger partial charge >= 0.3 is 230 Å². The van der Waals surface area contributed by atoms with Gasteiger partial charge in [-0.2, -0.15) is 0 Å². The zero-order chi connectivity index (χ0) is 26.5. The first-order valence-corrected chi connectivity index (χ1v) is 24.1. The van der Waals surface area contributed by atoms with Gasteiger partial charge in [0.2, 0.25) is 0 Å². The van der Waals surface area contributed by atoms with E-state index in [-0.39, 0.29) is 5.04 Å². The van der Waals surface area contributed by atoms with Gasteiger partial charge in [-0.15, -0.1) is 0 Å². The summed E-state index contributed by atoms with van der Waals surface area (Å²) in [6.45, 7) is 17.6. The molecule has 1 nitrogen and oxygen atoms in total. The van der Waals surface area contributed by atoms with Crippen LogP contribution in [-0.2, 0) is 4.43 Å². The Kier molecular flexibility index (Phi) is 13.5. The molecule has 0 saturated heterocycles. The molecule has 0 aliphatic rings. The Bertz CT molecular complexity index is 824. The van der Waals surface area contributed by atoms with E-state index in [0.717, 1.165) is 13.0 Å². The molecule has 36 heavy (non-hydrogen) atoms. The third-order valence-electron chi connectivity index (χ3n) is 8.17. The van der Waals surface area contributed by atoms with Gasteiger partial charge in [-0.1, -0.05) is 0 Å². The maximum absolute atomic E-state index is 7.19. The first-order chi connectivity index (χ1) is 17.3. The second-order valence-electron chi connectivity index (χ2n) is 11.8. The summed E-state index contributed by atoms with van der Waals surface area (Å²) < 4.78 is 13.6. The fraction of sp³-hybridized carbons (Fsp3) is 0.576. The monoisotopic (exact) mass is 614 g/mol. The summed E-state index contributed by atoms with van der Waals surface area (Å²) >= 11 is -2.32. The molecule has 0 aliphatic carbocycles. The van der Waals surface area contributed by atoms with Crippen molar-refractivity contribution in [3.8, 4) is 0 Å². The summed E-state index contributed by atoms with van der Waals surface area (Å²) in [6.07, 6.45) is 11.9. The maximum atomic E-state index is 7.19. The molecule has 0 fully saturated rings. The molecule has 0 N–H and O–H groups in total. The summed E-state index contributed by atoms with van der Waals surface area (Å²) in [5.74, 6) is 0. The molecule has 0 saturated carbocycles. The average molecular weight is 614 g/mol. The van der Waals surface area contributed by atoms with Crippen LogP contribution in [0, 0.1) is 0 Å². The van der Waals surface area contributed by atoms with E-state index in [1.807, 2.05) is 3.59 Å². The quantitative estimate of drug-likeness (QED) is 0.136. The fourth-order valence-corrected chi connectivity index (χ4v) is 26.5. The fourth-order valence-electron chi connectivity index (χ4n) is 5.98. The minimum atomic E-state index is -2.44. The molecule has 0 bridgehead atoms.